The van der Waals surface area contributed by atoms with Gasteiger partial charge in [-0.05, 0) is 127 Å². The Labute approximate surface area is 563 Å². The largest absolute Gasteiger partial charge is 0.445 e. The highest BCUT2D eigenvalue weighted by molar-refractivity contribution is 7.09. The lowest BCUT2D eigenvalue weighted by molar-refractivity contribution is -0.148. The zero-order valence-electron chi connectivity index (χ0n) is 57.7. The molecule has 1 saturated heterocycles. The first-order valence-corrected chi connectivity index (χ1v) is 33.7. The van der Waals surface area contributed by atoms with Gasteiger partial charge < -0.3 is 83.7 Å². The number of carbonyl (C=O) groups is 10. The Morgan fingerprint density at radius 2 is 1.40 bits per heavy atom. The van der Waals surface area contributed by atoms with Crippen LogP contribution >= 0.6 is 11.3 Å². The summed E-state index contributed by atoms with van der Waals surface area (Å²) >= 11 is 1.47. The van der Waals surface area contributed by atoms with E-state index < -0.39 is 119 Å². The molecule has 1 aromatic heterocycles. The average molecular weight is 1350 g/mol. The molecule has 1 fully saturated rings. The van der Waals surface area contributed by atoms with E-state index >= 15 is 0 Å². The predicted molar refractivity (Wildman–Crippen MR) is 363 cm³/mol. The molecule has 3 aromatic rings. The number of thiazole rings is 1. The highest BCUT2D eigenvalue weighted by Crippen LogP contribution is 2.31. The van der Waals surface area contributed by atoms with Gasteiger partial charge in [0.05, 0.1) is 48.2 Å². The quantitative estimate of drug-likeness (QED) is 0.0352. The van der Waals surface area contributed by atoms with E-state index in [0.717, 1.165) is 10.6 Å². The lowest BCUT2D eigenvalue weighted by Crippen LogP contribution is -2.62. The van der Waals surface area contributed by atoms with Crippen molar-refractivity contribution in [2.24, 2.45) is 35.0 Å². The summed E-state index contributed by atoms with van der Waals surface area (Å²) in [5, 5.41) is 24.6. The normalized spacial score (nSPS) is 16.4. The number of hydrogen-bond donors (Lipinski definition) is 11. The molecule has 1 unspecified atom stereocenters. The molecule has 528 valence electrons. The van der Waals surface area contributed by atoms with Gasteiger partial charge in [-0.3, -0.25) is 38.4 Å². The van der Waals surface area contributed by atoms with Gasteiger partial charge in [0, 0.05) is 51.6 Å². The number of unbranched alkanes of at least 4 members (excludes halogenated alkanes) is 1. The number of nitrogens with one attached hydrogen (secondary N) is 8. The van der Waals surface area contributed by atoms with Gasteiger partial charge in [0.1, 0.15) is 41.3 Å². The number of nitrogens with zero attached hydrogens (tertiary/aromatic N) is 3. The number of rotatable bonds is 39. The fourth-order valence-corrected chi connectivity index (χ4v) is 12.0. The van der Waals surface area contributed by atoms with Crippen LogP contribution in [0.5, 0.6) is 0 Å². The number of amides is 11. The average Bonchev–Trinajstić information content (AvgIpc) is 1.80. The maximum atomic E-state index is 14.7. The maximum Gasteiger partial charge on any atom is 0.408 e. The summed E-state index contributed by atoms with van der Waals surface area (Å²) < 4.78 is 17.7. The number of benzene rings is 2. The van der Waals surface area contributed by atoms with E-state index in [2.05, 4.69) is 47.5 Å². The van der Waals surface area contributed by atoms with Gasteiger partial charge >= 0.3 is 12.1 Å². The molecule has 0 spiro atoms. The summed E-state index contributed by atoms with van der Waals surface area (Å²) in [6.07, 6.45) is 3.52. The van der Waals surface area contributed by atoms with Crippen molar-refractivity contribution in [3.05, 3.63) is 82.3 Å². The standard InChI is InChI=1S/C67H106N14O13S/c1-14-41(5)54(51(92-12)38-52(82)81-35-22-27-50(81)55(93-13)42(6)56(83)76-49(60-71-34-36-95-60)37-43-23-17-16-18-24-43)80(11)61(87)53(40(3)4)78-63(89)67(9,10)79-65(91)94-39-44-28-30-45(31-29-44)73-58(85)47(26-21-33-72-64(69)90)75-57(84)46(15-2)74-59(86)48(25-19-20-32-68)77-62(88)66(7,8)70/h16-18,23-24,28-31,34,36,40-42,46-51,53-55H,14-15,19-22,25-27,32-33,35,37-39,68,70H2,1-13H3,(H,73,85)(H,74,86)(H,75,84)(H,76,83)(H,77,88)(H,78,89)(H,79,91)(H3,69,72,90)/t41-,42+,46?,47-,48-,49-,50-,51+,53-,54-,55+/m0/s1. The summed E-state index contributed by atoms with van der Waals surface area (Å²) in [7, 11) is 4.69. The van der Waals surface area contributed by atoms with E-state index in [4.69, 9.17) is 31.4 Å². The topological polar surface area (TPSA) is 392 Å². The molecule has 0 radical (unpaired) electrons. The van der Waals surface area contributed by atoms with Crippen molar-refractivity contribution in [3.8, 4) is 0 Å². The summed E-state index contributed by atoms with van der Waals surface area (Å²) in [5.41, 5.74) is 15.9. The zero-order chi connectivity index (χ0) is 70.7. The van der Waals surface area contributed by atoms with E-state index in [1.54, 1.807) is 75.2 Å². The summed E-state index contributed by atoms with van der Waals surface area (Å²) in [6.45, 7) is 17.6. The minimum Gasteiger partial charge on any atom is -0.445 e. The second-order valence-electron chi connectivity index (χ2n) is 25.9. The molecule has 2 aromatic carbocycles. The van der Waals surface area contributed by atoms with E-state index in [1.165, 1.54) is 46.1 Å². The number of likely N-dealkylation sites (N-methyl/N-ethyl adjacent to an activating group) is 1. The number of alkyl carbamates (subject to hydrolysis) is 1. The van der Waals surface area contributed by atoms with E-state index in [1.807, 2.05) is 56.5 Å². The van der Waals surface area contributed by atoms with Crippen LogP contribution in [0.4, 0.5) is 15.3 Å². The number of methoxy groups -OCH3 is 2. The van der Waals surface area contributed by atoms with Crippen LogP contribution < -0.4 is 59.7 Å². The molecule has 11 atom stereocenters. The van der Waals surface area contributed by atoms with Crippen molar-refractivity contribution >= 4 is 76.4 Å². The van der Waals surface area contributed by atoms with Crippen molar-refractivity contribution < 1.29 is 62.2 Å². The van der Waals surface area contributed by atoms with E-state index in [0.29, 0.717) is 62.9 Å². The fraction of sp³-hybridized carbons (Fsp3) is 0.627. The molecule has 0 aliphatic carbocycles. The minimum absolute atomic E-state index is 0.0542. The minimum atomic E-state index is -1.60. The molecule has 4 rings (SSSR count). The monoisotopic (exact) mass is 1350 g/mol. The number of ether oxygens (including phenoxy) is 3. The Hall–Kier alpha value is -7.79. The summed E-state index contributed by atoms with van der Waals surface area (Å²) in [5.74, 6) is -5.26. The predicted octanol–water partition coefficient (Wildman–Crippen LogP) is 4.43. The zero-order valence-corrected chi connectivity index (χ0v) is 58.5. The van der Waals surface area contributed by atoms with Crippen LogP contribution in [0.25, 0.3) is 0 Å². The number of hydrogen-bond acceptors (Lipinski definition) is 17. The van der Waals surface area contributed by atoms with Crippen molar-refractivity contribution in [2.45, 2.75) is 212 Å². The Morgan fingerprint density at radius 3 is 1.98 bits per heavy atom. The van der Waals surface area contributed by atoms with Gasteiger partial charge in [-0.1, -0.05) is 90.4 Å². The number of likely N-dealkylation sites (tertiary alicyclic amines) is 1. The number of carbonyl (C=O) groups excluding carboxylic acids is 10. The van der Waals surface area contributed by atoms with Gasteiger partial charge in [0.15, 0.2) is 0 Å². The maximum absolute atomic E-state index is 14.7. The van der Waals surface area contributed by atoms with Gasteiger partial charge in [0.2, 0.25) is 47.3 Å². The Morgan fingerprint density at radius 1 is 0.758 bits per heavy atom. The first kappa shape index (κ1) is 79.6. The molecular formula is C67H106N14O13S. The molecule has 1 aliphatic rings. The molecule has 27 nitrogen and oxygen atoms in total. The summed E-state index contributed by atoms with van der Waals surface area (Å²) in [4.78, 5) is 144. The third-order valence-corrected chi connectivity index (χ3v) is 18.1. The lowest BCUT2D eigenvalue weighted by Gasteiger charge is -2.41. The molecular weight excluding hydrogens is 1240 g/mol. The molecule has 0 bridgehead atoms. The smallest absolute Gasteiger partial charge is 0.408 e. The molecule has 28 heteroatoms. The van der Waals surface area contributed by atoms with Gasteiger partial charge in [0.25, 0.3) is 0 Å². The highest BCUT2D eigenvalue weighted by Gasteiger charge is 2.44. The first-order chi connectivity index (χ1) is 44.9. The van der Waals surface area contributed by atoms with Crippen molar-refractivity contribution in [1.29, 1.82) is 0 Å². The van der Waals surface area contributed by atoms with Crippen LogP contribution in [0, 0.1) is 17.8 Å². The molecule has 0 saturated carbocycles. The summed E-state index contributed by atoms with van der Waals surface area (Å²) in [6, 6.07) is 9.62. The Kier molecular flexibility index (Phi) is 32.4. The van der Waals surface area contributed by atoms with Crippen molar-refractivity contribution in [2.75, 3.05) is 46.2 Å². The van der Waals surface area contributed by atoms with Crippen LogP contribution in [0.15, 0.2) is 66.2 Å². The number of urea groups is 1. The molecule has 95 heavy (non-hydrogen) atoms. The van der Waals surface area contributed by atoms with Crippen molar-refractivity contribution in [1.82, 2.24) is 52.0 Å². The lowest BCUT2D eigenvalue weighted by atomic mass is 9.89. The fourth-order valence-electron chi connectivity index (χ4n) is 11.3. The second kappa shape index (κ2) is 38.7. The number of primary amides is 1. The van der Waals surface area contributed by atoms with E-state index in [9.17, 15) is 47.9 Å². The van der Waals surface area contributed by atoms with Gasteiger partial charge in [-0.25, -0.2) is 14.6 Å². The number of nitrogens with two attached hydrogens (primary N) is 3. The number of aromatic nitrogens is 1. The van der Waals surface area contributed by atoms with Crippen LogP contribution in [0.1, 0.15) is 156 Å². The van der Waals surface area contributed by atoms with Gasteiger partial charge in [-0.15, -0.1) is 11.3 Å². The van der Waals surface area contributed by atoms with Crippen LogP contribution in [-0.4, -0.2) is 175 Å². The molecule has 11 amide bonds. The first-order valence-electron chi connectivity index (χ1n) is 32.9. The van der Waals surface area contributed by atoms with Gasteiger partial charge in [-0.2, -0.15) is 0 Å². The molecule has 14 N–H and O–H groups in total. The van der Waals surface area contributed by atoms with Crippen LogP contribution in [0.2, 0.25) is 0 Å². The van der Waals surface area contributed by atoms with E-state index in [-0.39, 0.29) is 69.0 Å². The third-order valence-electron chi connectivity index (χ3n) is 17.2. The van der Waals surface area contributed by atoms with Crippen LogP contribution in [0.3, 0.4) is 0 Å². The van der Waals surface area contributed by atoms with Crippen molar-refractivity contribution in [3.63, 3.8) is 0 Å². The molecule has 1 aliphatic heterocycles. The Bertz CT molecular complexity index is 2970. The van der Waals surface area contributed by atoms with Crippen LogP contribution in [-0.2, 0) is 65.6 Å². The molecule has 2 heterocycles. The third kappa shape index (κ3) is 24.7. The highest BCUT2D eigenvalue weighted by atomic mass is 32.1. The number of anilines is 1. The SMILES string of the molecule is CCC(NC(=O)[C@H](CCCCN)NC(=O)C(C)(C)N)C(=O)N[C@@H](CCCNC(N)=O)C(=O)Nc1ccc(COC(=O)NC(C)(C)C(=O)N[C@H](C(=O)N(C)[C@@H]([C@@H](C)CC)[C@@H](CC(=O)N2CCC[C@H]2[C@H](OC)[C@@H](C)C(=O)N[C@@H](Cc2ccccc2)c2nccs2)OC)C(C)C)cc1. The Balaban J connectivity index is 1.38. The second-order valence-corrected chi connectivity index (χ2v) is 26.8.